The maximum absolute atomic E-state index is 5.50. The second-order valence-corrected chi connectivity index (χ2v) is 1.87. The molecule has 2 nitrogen and oxygen atoms in total. The average Bonchev–Trinajstić information content (AvgIpc) is 1.82. The molecular formula is C7H14N2. The van der Waals surface area contributed by atoms with E-state index in [1.165, 1.54) is 0 Å². The van der Waals surface area contributed by atoms with E-state index in [0.717, 1.165) is 17.8 Å². The molecule has 0 aromatic heterocycles. The number of nitrogens with two attached hydrogens (primary N) is 1. The van der Waals surface area contributed by atoms with Crippen LogP contribution in [0.3, 0.4) is 0 Å². The summed E-state index contributed by atoms with van der Waals surface area (Å²) in [5, 5.41) is 0. The zero-order valence-electron chi connectivity index (χ0n) is 6.31. The van der Waals surface area contributed by atoms with Gasteiger partial charge in [0.15, 0.2) is 0 Å². The van der Waals surface area contributed by atoms with Gasteiger partial charge in [0.1, 0.15) is 0 Å². The maximum Gasteiger partial charge on any atom is 0.0580 e. The number of hydrogen-bond donors (Lipinski definition) is 1. The summed E-state index contributed by atoms with van der Waals surface area (Å²) in [6, 6.07) is 0. The van der Waals surface area contributed by atoms with Crippen molar-refractivity contribution in [2.75, 3.05) is 0 Å². The molecule has 0 spiro atoms. The molecule has 0 atom stereocenters. The van der Waals surface area contributed by atoms with Crippen LogP contribution in [0.25, 0.3) is 0 Å². The molecule has 0 rings (SSSR count). The van der Waals surface area contributed by atoms with Crippen LogP contribution in [0.2, 0.25) is 0 Å². The predicted molar refractivity (Wildman–Crippen MR) is 41.3 cm³/mol. The Kier molecular flexibility index (Phi) is 3.76. The fraction of sp³-hybridized carbons (Fsp3) is 0.571. The van der Waals surface area contributed by atoms with Gasteiger partial charge in [0.05, 0.1) is 5.70 Å². The van der Waals surface area contributed by atoms with E-state index in [2.05, 4.69) is 4.99 Å². The van der Waals surface area contributed by atoms with Crippen molar-refractivity contribution in [3.63, 3.8) is 0 Å². The molecule has 0 unspecified atom stereocenters. The normalized spacial score (nSPS) is 14.1. The first-order chi connectivity index (χ1) is 4.22. The molecule has 0 aliphatic carbocycles. The van der Waals surface area contributed by atoms with Crippen LogP contribution in [-0.4, -0.2) is 6.21 Å². The highest BCUT2D eigenvalue weighted by atomic mass is 14.8. The first-order valence-electron chi connectivity index (χ1n) is 3.16. The Hall–Kier alpha value is -0.790. The highest BCUT2D eigenvalue weighted by Gasteiger charge is 1.89. The molecule has 0 aromatic rings. The Balaban J connectivity index is 4.16. The Labute approximate surface area is 56.5 Å². The lowest BCUT2D eigenvalue weighted by atomic mass is 10.3. The number of allylic oxidation sites excluding steroid dienone is 2. The summed E-state index contributed by atoms with van der Waals surface area (Å²) in [7, 11) is 0. The lowest BCUT2D eigenvalue weighted by Crippen LogP contribution is -1.95. The van der Waals surface area contributed by atoms with E-state index < -0.39 is 0 Å². The van der Waals surface area contributed by atoms with Crippen LogP contribution >= 0.6 is 0 Å². The van der Waals surface area contributed by atoms with E-state index in [9.17, 15) is 0 Å². The Morgan fingerprint density at radius 3 is 2.33 bits per heavy atom. The van der Waals surface area contributed by atoms with Gasteiger partial charge in [-0.15, -0.1) is 0 Å². The smallest absolute Gasteiger partial charge is 0.0580 e. The molecule has 0 radical (unpaired) electrons. The highest BCUT2D eigenvalue weighted by Crippen LogP contribution is 2.03. The van der Waals surface area contributed by atoms with E-state index in [1.54, 1.807) is 6.21 Å². The molecule has 2 heteroatoms. The SMILES string of the molecule is CC=N/C(CC)=C(/C)N. The zero-order valence-corrected chi connectivity index (χ0v) is 6.31. The molecule has 0 fully saturated rings. The minimum Gasteiger partial charge on any atom is -0.401 e. The molecule has 0 bridgehead atoms. The number of hydrogen-bond acceptors (Lipinski definition) is 2. The topological polar surface area (TPSA) is 38.4 Å². The summed E-state index contributed by atoms with van der Waals surface area (Å²) in [5.41, 5.74) is 7.30. The summed E-state index contributed by atoms with van der Waals surface area (Å²) in [6.07, 6.45) is 2.67. The van der Waals surface area contributed by atoms with Crippen LogP contribution in [0.15, 0.2) is 16.4 Å². The third kappa shape index (κ3) is 2.90. The first-order valence-corrected chi connectivity index (χ1v) is 3.16. The van der Waals surface area contributed by atoms with Crippen LogP contribution in [0, 0.1) is 0 Å². The van der Waals surface area contributed by atoms with Gasteiger partial charge in [-0.3, -0.25) is 4.99 Å². The zero-order chi connectivity index (χ0) is 7.28. The van der Waals surface area contributed by atoms with Gasteiger partial charge in [-0.1, -0.05) is 6.92 Å². The van der Waals surface area contributed by atoms with Crippen molar-refractivity contribution < 1.29 is 0 Å². The summed E-state index contributed by atoms with van der Waals surface area (Å²) in [4.78, 5) is 4.07. The molecule has 0 saturated heterocycles. The second kappa shape index (κ2) is 4.13. The summed E-state index contributed by atoms with van der Waals surface area (Å²) < 4.78 is 0. The van der Waals surface area contributed by atoms with Gasteiger partial charge in [-0.2, -0.15) is 0 Å². The lowest BCUT2D eigenvalue weighted by molar-refractivity contribution is 1.01. The van der Waals surface area contributed by atoms with Crippen LogP contribution < -0.4 is 5.73 Å². The maximum atomic E-state index is 5.50. The van der Waals surface area contributed by atoms with Crippen LogP contribution in [0.5, 0.6) is 0 Å². The molecule has 0 heterocycles. The van der Waals surface area contributed by atoms with Crippen molar-refractivity contribution in [3.8, 4) is 0 Å². The monoisotopic (exact) mass is 126 g/mol. The molecule has 0 aliphatic heterocycles. The van der Waals surface area contributed by atoms with Crippen LogP contribution in [0.1, 0.15) is 27.2 Å². The van der Waals surface area contributed by atoms with Gasteiger partial charge < -0.3 is 5.73 Å². The van der Waals surface area contributed by atoms with Crippen LogP contribution in [0.4, 0.5) is 0 Å². The second-order valence-electron chi connectivity index (χ2n) is 1.87. The van der Waals surface area contributed by atoms with Gasteiger partial charge in [0, 0.05) is 11.9 Å². The predicted octanol–water partition coefficient (Wildman–Crippen LogP) is 1.68. The molecule has 0 aliphatic rings. The largest absolute Gasteiger partial charge is 0.401 e. The van der Waals surface area contributed by atoms with Crippen molar-refractivity contribution >= 4 is 6.21 Å². The Morgan fingerprint density at radius 1 is 1.67 bits per heavy atom. The minimum atomic E-state index is 0.815. The van der Waals surface area contributed by atoms with Gasteiger partial charge >= 0.3 is 0 Å². The van der Waals surface area contributed by atoms with E-state index in [1.807, 2.05) is 20.8 Å². The van der Waals surface area contributed by atoms with Gasteiger partial charge in [0.25, 0.3) is 0 Å². The molecule has 9 heavy (non-hydrogen) atoms. The van der Waals surface area contributed by atoms with E-state index in [-0.39, 0.29) is 0 Å². The summed E-state index contributed by atoms with van der Waals surface area (Å²) in [6.45, 7) is 5.79. The van der Waals surface area contributed by atoms with Gasteiger partial charge in [0.2, 0.25) is 0 Å². The van der Waals surface area contributed by atoms with Gasteiger partial charge in [-0.05, 0) is 20.3 Å². The quantitative estimate of drug-likeness (QED) is 0.561. The minimum absolute atomic E-state index is 0.815. The highest BCUT2D eigenvalue weighted by molar-refractivity contribution is 5.55. The molecular weight excluding hydrogens is 112 g/mol. The molecule has 0 aromatic carbocycles. The van der Waals surface area contributed by atoms with Crippen molar-refractivity contribution in [2.45, 2.75) is 27.2 Å². The number of nitrogens with zero attached hydrogens (tertiary/aromatic N) is 1. The Morgan fingerprint density at radius 2 is 2.22 bits per heavy atom. The molecule has 0 amide bonds. The first kappa shape index (κ1) is 8.21. The van der Waals surface area contributed by atoms with Crippen molar-refractivity contribution in [2.24, 2.45) is 10.7 Å². The van der Waals surface area contributed by atoms with E-state index in [4.69, 9.17) is 5.73 Å². The fourth-order valence-corrected chi connectivity index (χ4v) is 0.628. The number of aliphatic imine (C=N–C) groups is 1. The number of rotatable bonds is 2. The molecule has 52 valence electrons. The third-order valence-corrected chi connectivity index (χ3v) is 1.08. The third-order valence-electron chi connectivity index (χ3n) is 1.08. The van der Waals surface area contributed by atoms with Gasteiger partial charge in [-0.25, -0.2) is 0 Å². The summed E-state index contributed by atoms with van der Waals surface area (Å²) in [5.74, 6) is 0. The van der Waals surface area contributed by atoms with E-state index >= 15 is 0 Å². The van der Waals surface area contributed by atoms with E-state index in [0.29, 0.717) is 0 Å². The van der Waals surface area contributed by atoms with Crippen LogP contribution in [-0.2, 0) is 0 Å². The molecule has 0 saturated carbocycles. The summed E-state index contributed by atoms with van der Waals surface area (Å²) >= 11 is 0. The lowest BCUT2D eigenvalue weighted by Gasteiger charge is -1.97. The van der Waals surface area contributed by atoms with Crippen molar-refractivity contribution in [3.05, 3.63) is 11.4 Å². The Bertz CT molecular complexity index is 130. The average molecular weight is 126 g/mol. The fourth-order valence-electron chi connectivity index (χ4n) is 0.628. The standard InChI is InChI=1S/C7H14N2/c1-4-7(6(3)8)9-5-2/h5H,4,8H2,1-3H3/b7-6-,9-5?. The molecule has 2 N–H and O–H groups in total. The van der Waals surface area contributed by atoms with Crippen molar-refractivity contribution in [1.82, 2.24) is 0 Å². The van der Waals surface area contributed by atoms with Crippen molar-refractivity contribution in [1.29, 1.82) is 0 Å².